The molecule has 0 fully saturated rings. The van der Waals surface area contributed by atoms with Crippen molar-refractivity contribution < 1.29 is 14.6 Å². The maximum atomic E-state index is 12.2. The number of benzene rings is 2. The molecule has 3 aromatic rings. The maximum absolute atomic E-state index is 12.2. The highest BCUT2D eigenvalue weighted by Crippen LogP contribution is 2.24. The van der Waals surface area contributed by atoms with Crippen LogP contribution in [0.15, 0.2) is 77.7 Å². The second kappa shape index (κ2) is 8.33. The van der Waals surface area contributed by atoms with Crippen molar-refractivity contribution in [2.75, 3.05) is 6.54 Å². The van der Waals surface area contributed by atoms with Crippen LogP contribution in [-0.4, -0.2) is 22.1 Å². The Morgan fingerprint density at radius 1 is 1.07 bits per heavy atom. The molecular weight excluding hydrogens is 344 g/mol. The molecule has 6 heteroatoms. The monoisotopic (exact) mass is 364 g/mol. The number of ether oxygens (including phenoxy) is 1. The number of aromatic nitrogens is 1. The third-order valence-electron chi connectivity index (χ3n) is 4.05. The second-order valence-electron chi connectivity index (χ2n) is 6.05. The third kappa shape index (κ3) is 4.62. The fourth-order valence-corrected chi connectivity index (χ4v) is 2.58. The first kappa shape index (κ1) is 18.4. The molecule has 0 spiro atoms. The van der Waals surface area contributed by atoms with E-state index in [0.717, 1.165) is 0 Å². The van der Waals surface area contributed by atoms with Crippen LogP contribution in [0.4, 0.5) is 0 Å². The van der Waals surface area contributed by atoms with Crippen molar-refractivity contribution in [3.63, 3.8) is 0 Å². The summed E-state index contributed by atoms with van der Waals surface area (Å²) < 4.78 is 7.08. The number of carbonyl (C=O) groups excluding carboxylic acids is 1. The first-order valence-electron chi connectivity index (χ1n) is 8.49. The summed E-state index contributed by atoms with van der Waals surface area (Å²) in [4.78, 5) is 24.2. The summed E-state index contributed by atoms with van der Waals surface area (Å²) in [7, 11) is 1.58. The predicted octanol–water partition coefficient (Wildman–Crippen LogP) is 2.64. The van der Waals surface area contributed by atoms with E-state index >= 15 is 0 Å². The molecule has 0 saturated carbocycles. The van der Waals surface area contributed by atoms with Crippen LogP contribution in [0.3, 0.4) is 0 Å². The summed E-state index contributed by atoms with van der Waals surface area (Å²) in [6.45, 7) is -0.0222. The fourth-order valence-electron chi connectivity index (χ4n) is 2.58. The summed E-state index contributed by atoms with van der Waals surface area (Å²) in [5.41, 5.74) is 0.251. The molecule has 1 heterocycles. The Balaban J connectivity index is 1.65. The predicted molar refractivity (Wildman–Crippen MR) is 102 cm³/mol. The SMILES string of the molecule is Cn1cccc(C(=O)NC[C@H](O)c2cccc(Oc3ccccc3)c2)c1=O. The van der Waals surface area contributed by atoms with E-state index in [2.05, 4.69) is 5.32 Å². The lowest BCUT2D eigenvalue weighted by Gasteiger charge is -2.14. The summed E-state index contributed by atoms with van der Waals surface area (Å²) >= 11 is 0. The molecule has 0 aliphatic rings. The van der Waals surface area contributed by atoms with E-state index < -0.39 is 12.0 Å². The smallest absolute Gasteiger partial charge is 0.263 e. The number of nitrogens with zero attached hydrogens (tertiary/aromatic N) is 1. The van der Waals surface area contributed by atoms with Crippen molar-refractivity contribution in [3.8, 4) is 11.5 Å². The Morgan fingerprint density at radius 2 is 1.81 bits per heavy atom. The van der Waals surface area contributed by atoms with E-state index in [1.54, 1.807) is 43.6 Å². The minimum absolute atomic E-state index is 0.0222. The van der Waals surface area contributed by atoms with Crippen LogP contribution in [0.2, 0.25) is 0 Å². The van der Waals surface area contributed by atoms with Gasteiger partial charge in [-0.1, -0.05) is 30.3 Å². The minimum atomic E-state index is -0.930. The van der Waals surface area contributed by atoms with Gasteiger partial charge < -0.3 is 19.7 Å². The zero-order chi connectivity index (χ0) is 19.2. The first-order valence-corrected chi connectivity index (χ1v) is 8.49. The van der Waals surface area contributed by atoms with Gasteiger partial charge >= 0.3 is 0 Å². The van der Waals surface area contributed by atoms with Gasteiger partial charge in [-0.2, -0.15) is 0 Å². The average Bonchev–Trinajstić information content (AvgIpc) is 2.69. The number of amides is 1. The lowest BCUT2D eigenvalue weighted by atomic mass is 10.1. The van der Waals surface area contributed by atoms with Gasteiger partial charge in [-0.15, -0.1) is 0 Å². The van der Waals surface area contributed by atoms with Crippen LogP contribution in [0, 0.1) is 0 Å². The lowest BCUT2D eigenvalue weighted by molar-refractivity contribution is 0.0914. The largest absolute Gasteiger partial charge is 0.457 e. The number of nitrogens with one attached hydrogen (secondary N) is 1. The van der Waals surface area contributed by atoms with Gasteiger partial charge in [0.1, 0.15) is 17.1 Å². The molecule has 2 N–H and O–H groups in total. The molecule has 0 aliphatic carbocycles. The number of rotatable bonds is 6. The van der Waals surface area contributed by atoms with Crippen molar-refractivity contribution in [1.82, 2.24) is 9.88 Å². The van der Waals surface area contributed by atoms with Crippen LogP contribution in [0.25, 0.3) is 0 Å². The number of pyridine rings is 1. The van der Waals surface area contributed by atoms with Gasteiger partial charge in [0.15, 0.2) is 0 Å². The zero-order valence-corrected chi connectivity index (χ0v) is 14.8. The minimum Gasteiger partial charge on any atom is -0.457 e. The van der Waals surface area contributed by atoms with Gasteiger partial charge in [0.25, 0.3) is 11.5 Å². The molecule has 27 heavy (non-hydrogen) atoms. The molecule has 0 radical (unpaired) electrons. The van der Waals surface area contributed by atoms with Crippen LogP contribution >= 0.6 is 0 Å². The number of para-hydroxylation sites is 1. The van der Waals surface area contributed by atoms with Gasteiger partial charge in [0.2, 0.25) is 0 Å². The summed E-state index contributed by atoms with van der Waals surface area (Å²) in [6, 6.07) is 19.4. The second-order valence-corrected chi connectivity index (χ2v) is 6.05. The van der Waals surface area contributed by atoms with Gasteiger partial charge in [0.05, 0.1) is 6.10 Å². The molecule has 0 unspecified atom stereocenters. The van der Waals surface area contributed by atoms with E-state index in [9.17, 15) is 14.7 Å². The number of carbonyl (C=O) groups is 1. The average molecular weight is 364 g/mol. The zero-order valence-electron chi connectivity index (χ0n) is 14.8. The Hall–Kier alpha value is -3.38. The highest BCUT2D eigenvalue weighted by atomic mass is 16.5. The molecule has 1 amide bonds. The molecule has 3 rings (SSSR count). The van der Waals surface area contributed by atoms with E-state index in [1.807, 2.05) is 30.3 Å². The first-order chi connectivity index (χ1) is 13.0. The molecule has 0 saturated heterocycles. The Morgan fingerprint density at radius 3 is 2.59 bits per heavy atom. The topological polar surface area (TPSA) is 80.6 Å². The van der Waals surface area contributed by atoms with E-state index in [4.69, 9.17) is 4.74 Å². The maximum Gasteiger partial charge on any atom is 0.263 e. The normalized spacial score (nSPS) is 11.6. The quantitative estimate of drug-likeness (QED) is 0.705. The Bertz CT molecular complexity index is 983. The van der Waals surface area contributed by atoms with Crippen LogP contribution in [0.1, 0.15) is 22.0 Å². The van der Waals surface area contributed by atoms with Crippen molar-refractivity contribution in [2.45, 2.75) is 6.10 Å². The molecule has 1 atom stereocenters. The van der Waals surface area contributed by atoms with Gasteiger partial charge in [-0.05, 0) is 42.0 Å². The summed E-state index contributed by atoms with van der Waals surface area (Å²) in [5, 5.41) is 13.0. The molecule has 6 nitrogen and oxygen atoms in total. The molecule has 0 bridgehead atoms. The summed E-state index contributed by atoms with van der Waals surface area (Å²) in [6.07, 6.45) is 0.646. The Kier molecular flexibility index (Phi) is 5.68. The number of hydrogen-bond acceptors (Lipinski definition) is 4. The van der Waals surface area contributed by atoms with Crippen molar-refractivity contribution in [3.05, 3.63) is 94.4 Å². The van der Waals surface area contributed by atoms with Crippen molar-refractivity contribution in [2.24, 2.45) is 7.05 Å². The lowest BCUT2D eigenvalue weighted by Crippen LogP contribution is -2.34. The number of hydrogen-bond donors (Lipinski definition) is 2. The van der Waals surface area contributed by atoms with E-state index in [-0.39, 0.29) is 17.7 Å². The fraction of sp³-hybridized carbons (Fsp3) is 0.143. The third-order valence-corrected chi connectivity index (χ3v) is 4.05. The van der Waals surface area contributed by atoms with E-state index in [1.165, 1.54) is 10.6 Å². The molecule has 1 aromatic heterocycles. The highest BCUT2D eigenvalue weighted by molar-refractivity contribution is 5.93. The van der Waals surface area contributed by atoms with Crippen molar-refractivity contribution >= 4 is 5.91 Å². The number of aryl methyl sites for hydroxylation is 1. The van der Waals surface area contributed by atoms with Gasteiger partial charge in [-0.3, -0.25) is 9.59 Å². The van der Waals surface area contributed by atoms with Crippen LogP contribution < -0.4 is 15.6 Å². The van der Waals surface area contributed by atoms with Crippen LogP contribution in [-0.2, 0) is 7.05 Å². The highest BCUT2D eigenvalue weighted by Gasteiger charge is 2.14. The molecule has 0 aliphatic heterocycles. The van der Waals surface area contributed by atoms with E-state index in [0.29, 0.717) is 17.1 Å². The standard InChI is InChI=1S/C21H20N2O4/c1-23-12-6-11-18(21(23)26)20(25)22-14-19(24)15-7-5-10-17(13-15)27-16-8-3-2-4-9-16/h2-13,19,24H,14H2,1H3,(H,22,25)/t19-/m0/s1. The summed E-state index contributed by atoms with van der Waals surface area (Å²) in [5.74, 6) is 0.755. The van der Waals surface area contributed by atoms with Gasteiger partial charge in [-0.25, -0.2) is 0 Å². The van der Waals surface area contributed by atoms with Gasteiger partial charge in [0, 0.05) is 19.8 Å². The number of aliphatic hydroxyl groups is 1. The van der Waals surface area contributed by atoms with Crippen LogP contribution in [0.5, 0.6) is 11.5 Å². The number of aliphatic hydroxyl groups excluding tert-OH is 1. The Labute approximate surface area is 156 Å². The molecule has 138 valence electrons. The van der Waals surface area contributed by atoms with Crippen molar-refractivity contribution in [1.29, 1.82) is 0 Å². The molecule has 2 aromatic carbocycles. The molecular formula is C21H20N2O4.